The van der Waals surface area contributed by atoms with E-state index < -0.39 is 0 Å². The standard InChI is InChI=1S/C8H19N3.C8H18N3.C4H10O.C2H4.Cs/c2*1-7(2,3)9-11-10-8(4,5)6;1-3-5-4-2;1-2;/h1-6H3,(H,9,10);1-6H3;3-4H2,1-2H3;1-2H2;/q;-1;;;+1. The van der Waals surface area contributed by atoms with Crippen LogP contribution in [0, 0.1) is 0 Å². The Morgan fingerprint density at radius 1 is 0.733 bits per heavy atom. The van der Waals surface area contributed by atoms with E-state index in [9.17, 15) is 0 Å². The van der Waals surface area contributed by atoms with Gasteiger partial charge in [-0.05, 0) is 66.5 Å². The molecule has 0 rings (SSSR count). The predicted molar refractivity (Wildman–Crippen MR) is 129 cm³/mol. The van der Waals surface area contributed by atoms with Crippen molar-refractivity contribution in [2.45, 2.75) is 119 Å². The summed E-state index contributed by atoms with van der Waals surface area (Å²) in [6.45, 7) is 35.8. The number of hydrogen-bond donors (Lipinski definition) is 1. The van der Waals surface area contributed by atoms with Crippen LogP contribution in [0.25, 0.3) is 5.43 Å². The molecule has 0 aromatic carbocycles. The first-order valence-corrected chi connectivity index (χ1v) is 10.2. The molecule has 0 aromatic heterocycles. The Balaban J connectivity index is -0.000000104. The second-order valence-corrected chi connectivity index (χ2v) is 10.1. The molecule has 0 saturated heterocycles. The Morgan fingerprint density at radius 2 is 1.10 bits per heavy atom. The number of hydrogen-bond acceptors (Lipinski definition) is 5. The van der Waals surface area contributed by atoms with E-state index >= 15 is 0 Å². The second-order valence-electron chi connectivity index (χ2n) is 10.1. The van der Waals surface area contributed by atoms with Gasteiger partial charge in [0.05, 0.1) is 5.54 Å². The first kappa shape index (κ1) is 40.9. The van der Waals surface area contributed by atoms with E-state index in [1.54, 1.807) is 0 Å². The second kappa shape index (κ2) is 21.4. The fourth-order valence-corrected chi connectivity index (χ4v) is 0.820. The van der Waals surface area contributed by atoms with Crippen LogP contribution in [0.2, 0.25) is 0 Å². The number of ether oxygens (including phenoxy) is 1. The Morgan fingerprint density at radius 3 is 1.30 bits per heavy atom. The summed E-state index contributed by atoms with van der Waals surface area (Å²) in [5.74, 6) is 0. The normalized spacial score (nSPS) is 11.8. The minimum atomic E-state index is -0.116. The summed E-state index contributed by atoms with van der Waals surface area (Å²) < 4.78 is 4.83. The van der Waals surface area contributed by atoms with Crippen molar-refractivity contribution in [3.05, 3.63) is 18.6 Å². The van der Waals surface area contributed by atoms with Gasteiger partial charge in [-0.3, -0.25) is 10.6 Å². The molecule has 0 unspecified atom stereocenters. The maximum absolute atomic E-state index is 4.83. The molecule has 0 saturated carbocycles. The van der Waals surface area contributed by atoms with Crippen LogP contribution in [0.15, 0.2) is 33.8 Å². The van der Waals surface area contributed by atoms with Crippen molar-refractivity contribution in [3.8, 4) is 0 Å². The number of nitrogens with zero attached hydrogens (tertiary/aromatic N) is 5. The van der Waals surface area contributed by atoms with Gasteiger partial charge in [0.25, 0.3) is 0 Å². The summed E-state index contributed by atoms with van der Waals surface area (Å²) in [4.78, 5) is 0. The van der Waals surface area contributed by atoms with E-state index in [0.29, 0.717) is 0 Å². The van der Waals surface area contributed by atoms with Gasteiger partial charge < -0.3 is 15.3 Å². The Bertz CT molecular complexity index is 375. The predicted octanol–water partition coefficient (Wildman–Crippen LogP) is 4.71. The minimum absolute atomic E-state index is 0. The van der Waals surface area contributed by atoms with Crippen molar-refractivity contribution in [2.75, 3.05) is 13.2 Å². The molecule has 0 aliphatic carbocycles. The molecular formula is C22H51CsN6O. The fraction of sp³-hybridized carbons (Fsp3) is 0.909. The molecule has 176 valence electrons. The Kier molecular flexibility index (Phi) is 29.2. The van der Waals surface area contributed by atoms with Gasteiger partial charge in [0, 0.05) is 18.8 Å². The molecule has 0 aliphatic rings. The van der Waals surface area contributed by atoms with Gasteiger partial charge in [-0.25, -0.2) is 0 Å². The van der Waals surface area contributed by atoms with Gasteiger partial charge in [-0.1, -0.05) is 46.8 Å². The molecule has 0 atom stereocenters. The molecule has 0 bridgehead atoms. The third-order valence-corrected chi connectivity index (χ3v) is 1.83. The van der Waals surface area contributed by atoms with Crippen LogP contribution in [0.4, 0.5) is 0 Å². The van der Waals surface area contributed by atoms with Crippen LogP contribution < -0.4 is 74.3 Å². The van der Waals surface area contributed by atoms with Crippen LogP contribution in [0.3, 0.4) is 0 Å². The zero-order valence-electron chi connectivity index (χ0n) is 23.0. The van der Waals surface area contributed by atoms with Gasteiger partial charge in [-0.15, -0.1) is 13.2 Å². The SMILES string of the molecule is C=C.CC(C)(C)N=NNC(C)(C)C.CC(C)(C)N=N[N-]C(C)(C)C.CCOCC.[Cs+]. The number of nitrogens with one attached hydrogen (secondary N) is 1. The zero-order valence-corrected chi connectivity index (χ0v) is 29.3. The molecule has 0 aromatic rings. The van der Waals surface area contributed by atoms with E-state index in [0.717, 1.165) is 13.2 Å². The van der Waals surface area contributed by atoms with Crippen LogP contribution in [0.1, 0.15) is 96.9 Å². The van der Waals surface area contributed by atoms with Gasteiger partial charge in [-0.2, -0.15) is 5.11 Å². The number of rotatable bonds is 4. The molecule has 0 aliphatic heterocycles. The molecule has 0 fully saturated rings. The molecule has 0 heterocycles. The van der Waals surface area contributed by atoms with E-state index in [1.165, 1.54) is 0 Å². The van der Waals surface area contributed by atoms with Crippen molar-refractivity contribution in [1.82, 2.24) is 5.43 Å². The van der Waals surface area contributed by atoms with Crippen LogP contribution in [0.5, 0.6) is 0 Å². The molecule has 30 heavy (non-hydrogen) atoms. The summed E-state index contributed by atoms with van der Waals surface area (Å²) in [7, 11) is 0. The summed E-state index contributed by atoms with van der Waals surface area (Å²) >= 11 is 0. The van der Waals surface area contributed by atoms with Crippen molar-refractivity contribution in [1.29, 1.82) is 0 Å². The summed E-state index contributed by atoms with van der Waals surface area (Å²) in [5, 5.41) is 15.7. The first-order valence-electron chi connectivity index (χ1n) is 10.2. The molecule has 0 spiro atoms. The molecule has 1 N–H and O–H groups in total. The molecule has 7 nitrogen and oxygen atoms in total. The van der Waals surface area contributed by atoms with Crippen molar-refractivity contribution in [2.24, 2.45) is 20.7 Å². The smallest absolute Gasteiger partial charge is 0.382 e. The van der Waals surface area contributed by atoms with Gasteiger partial charge in [0.1, 0.15) is 0 Å². The van der Waals surface area contributed by atoms with E-state index in [4.69, 9.17) is 4.74 Å². The largest absolute Gasteiger partial charge is 1.00 e. The average Bonchev–Trinajstić information content (AvgIpc) is 2.46. The molecule has 8 heteroatoms. The fourth-order valence-electron chi connectivity index (χ4n) is 0.820. The quantitative estimate of drug-likeness (QED) is 0.314. The van der Waals surface area contributed by atoms with Crippen LogP contribution >= 0.6 is 0 Å². The average molecular weight is 549 g/mol. The maximum Gasteiger partial charge on any atom is 1.00 e. The topological polar surface area (TPSA) is 84.8 Å². The summed E-state index contributed by atoms with van der Waals surface area (Å²) in [6, 6.07) is 0. The van der Waals surface area contributed by atoms with Crippen molar-refractivity contribution < 1.29 is 73.6 Å². The third kappa shape index (κ3) is 63.0. The van der Waals surface area contributed by atoms with E-state index in [1.807, 2.05) is 76.2 Å². The molecule has 0 radical (unpaired) electrons. The molecular weight excluding hydrogens is 497 g/mol. The molecule has 0 amide bonds. The van der Waals surface area contributed by atoms with Crippen molar-refractivity contribution in [3.63, 3.8) is 0 Å². The zero-order chi connectivity index (χ0) is 24.4. The summed E-state index contributed by atoms with van der Waals surface area (Å²) in [6.07, 6.45) is 0. The van der Waals surface area contributed by atoms with Crippen LogP contribution in [-0.2, 0) is 4.74 Å². The van der Waals surface area contributed by atoms with Gasteiger partial charge in [0.15, 0.2) is 0 Å². The van der Waals surface area contributed by atoms with Gasteiger partial charge >= 0.3 is 68.9 Å². The van der Waals surface area contributed by atoms with Crippen LogP contribution in [-0.4, -0.2) is 35.4 Å². The Labute approximate surface area is 247 Å². The van der Waals surface area contributed by atoms with Crippen molar-refractivity contribution >= 4 is 0 Å². The third-order valence-electron chi connectivity index (χ3n) is 1.83. The minimum Gasteiger partial charge on any atom is -0.382 e. The van der Waals surface area contributed by atoms with E-state index in [-0.39, 0.29) is 91.0 Å². The monoisotopic (exact) mass is 548 g/mol. The summed E-state index contributed by atoms with van der Waals surface area (Å²) in [5.41, 5.74) is 6.63. The first-order chi connectivity index (χ1) is 12.8. The van der Waals surface area contributed by atoms with E-state index in [2.05, 4.69) is 65.5 Å². The Hall–Kier alpha value is 0.552. The maximum atomic E-state index is 4.83. The van der Waals surface area contributed by atoms with Gasteiger partial charge in [0.2, 0.25) is 0 Å².